The molecule has 0 radical (unpaired) electrons. The van der Waals surface area contributed by atoms with Crippen LogP contribution in [0.4, 0.5) is 0 Å². The lowest BCUT2D eigenvalue weighted by Crippen LogP contribution is -2.02. The number of ketones is 1. The summed E-state index contributed by atoms with van der Waals surface area (Å²) in [6.07, 6.45) is 0. The molecule has 0 aliphatic carbocycles. The normalized spacial score (nSPS) is 9.46. The molecule has 0 aliphatic rings. The predicted molar refractivity (Wildman–Crippen MR) is 47.3 cm³/mol. The van der Waals surface area contributed by atoms with Crippen LogP contribution in [0.3, 0.4) is 0 Å². The third-order valence-corrected chi connectivity index (χ3v) is 1.60. The fourth-order valence-corrected chi connectivity index (χ4v) is 0.959. The number of aromatic nitrogens is 1. The van der Waals surface area contributed by atoms with Crippen molar-refractivity contribution in [1.82, 2.24) is 4.98 Å². The van der Waals surface area contributed by atoms with E-state index in [0.29, 0.717) is 17.3 Å². The van der Waals surface area contributed by atoms with Crippen LogP contribution in [0, 0.1) is 0 Å². The van der Waals surface area contributed by atoms with Crippen molar-refractivity contribution in [2.24, 2.45) is 0 Å². The van der Waals surface area contributed by atoms with Crippen LogP contribution >= 0.6 is 0 Å². The minimum absolute atomic E-state index is 0.143. The molecule has 0 saturated heterocycles. The average Bonchev–Trinajstić information content (AvgIpc) is 2.16. The first-order valence-corrected chi connectivity index (χ1v) is 3.79. The second-order valence-electron chi connectivity index (χ2n) is 2.46. The lowest BCUT2D eigenvalue weighted by molar-refractivity contribution is 0.100. The summed E-state index contributed by atoms with van der Waals surface area (Å²) in [5.74, 6) is 0.732. The van der Waals surface area contributed by atoms with Crippen LogP contribution in [0.5, 0.6) is 11.6 Å². The highest BCUT2D eigenvalue weighted by atomic mass is 16.5. The van der Waals surface area contributed by atoms with E-state index in [2.05, 4.69) is 4.98 Å². The summed E-state index contributed by atoms with van der Waals surface area (Å²) in [6, 6.07) is 3.30. The number of hydrogen-bond donors (Lipinski definition) is 0. The summed E-state index contributed by atoms with van der Waals surface area (Å²) in [4.78, 5) is 15.1. The maximum absolute atomic E-state index is 11.1. The fraction of sp³-hybridized carbons (Fsp3) is 0.333. The van der Waals surface area contributed by atoms with Crippen LogP contribution in [-0.2, 0) is 0 Å². The SMILES string of the molecule is COc1ccc(OC)c(C(C)=O)n1. The maximum Gasteiger partial charge on any atom is 0.213 e. The minimum Gasteiger partial charge on any atom is -0.494 e. The van der Waals surface area contributed by atoms with Gasteiger partial charge in [0.15, 0.2) is 11.5 Å². The first-order valence-electron chi connectivity index (χ1n) is 3.79. The van der Waals surface area contributed by atoms with E-state index in [1.54, 1.807) is 12.1 Å². The van der Waals surface area contributed by atoms with Gasteiger partial charge in [0.05, 0.1) is 14.2 Å². The van der Waals surface area contributed by atoms with Crippen molar-refractivity contribution in [3.05, 3.63) is 17.8 Å². The Balaban J connectivity index is 3.18. The molecule has 0 amide bonds. The van der Waals surface area contributed by atoms with E-state index in [4.69, 9.17) is 9.47 Å². The van der Waals surface area contributed by atoms with Gasteiger partial charge >= 0.3 is 0 Å². The Hall–Kier alpha value is -1.58. The van der Waals surface area contributed by atoms with E-state index in [-0.39, 0.29) is 5.78 Å². The summed E-state index contributed by atoms with van der Waals surface area (Å²) < 4.78 is 9.85. The van der Waals surface area contributed by atoms with E-state index < -0.39 is 0 Å². The smallest absolute Gasteiger partial charge is 0.213 e. The van der Waals surface area contributed by atoms with Crippen molar-refractivity contribution in [3.63, 3.8) is 0 Å². The van der Waals surface area contributed by atoms with Gasteiger partial charge in [-0.3, -0.25) is 4.79 Å². The zero-order valence-corrected chi connectivity index (χ0v) is 7.83. The third-order valence-electron chi connectivity index (χ3n) is 1.60. The monoisotopic (exact) mass is 181 g/mol. The molecule has 1 aromatic heterocycles. The Morgan fingerprint density at radius 2 is 2.00 bits per heavy atom. The number of carbonyl (C=O) groups is 1. The fourth-order valence-electron chi connectivity index (χ4n) is 0.959. The van der Waals surface area contributed by atoms with Gasteiger partial charge in [0.2, 0.25) is 5.88 Å². The van der Waals surface area contributed by atoms with Crippen LogP contribution in [0.1, 0.15) is 17.4 Å². The number of methoxy groups -OCH3 is 2. The number of pyridine rings is 1. The largest absolute Gasteiger partial charge is 0.494 e. The Morgan fingerprint density at radius 3 is 2.46 bits per heavy atom. The zero-order chi connectivity index (χ0) is 9.84. The van der Waals surface area contributed by atoms with E-state index in [9.17, 15) is 4.79 Å². The van der Waals surface area contributed by atoms with Gasteiger partial charge in [-0.1, -0.05) is 0 Å². The maximum atomic E-state index is 11.1. The number of rotatable bonds is 3. The molecule has 70 valence electrons. The molecule has 0 aliphatic heterocycles. The van der Waals surface area contributed by atoms with Crippen molar-refractivity contribution in [3.8, 4) is 11.6 Å². The molecule has 4 nitrogen and oxygen atoms in total. The van der Waals surface area contributed by atoms with E-state index >= 15 is 0 Å². The molecule has 0 bridgehead atoms. The van der Waals surface area contributed by atoms with Crippen LogP contribution in [0.25, 0.3) is 0 Å². The average molecular weight is 181 g/mol. The Morgan fingerprint density at radius 1 is 1.31 bits per heavy atom. The summed E-state index contributed by atoms with van der Waals surface area (Å²) >= 11 is 0. The van der Waals surface area contributed by atoms with Gasteiger partial charge in [-0.15, -0.1) is 0 Å². The summed E-state index contributed by atoms with van der Waals surface area (Å²) in [5.41, 5.74) is 0.293. The Kier molecular flexibility index (Phi) is 2.84. The minimum atomic E-state index is -0.143. The highest BCUT2D eigenvalue weighted by Crippen LogP contribution is 2.19. The quantitative estimate of drug-likeness (QED) is 0.659. The van der Waals surface area contributed by atoms with Crippen molar-refractivity contribution in [1.29, 1.82) is 0 Å². The standard InChI is InChI=1S/C9H11NO3/c1-6(11)9-7(12-2)4-5-8(10-9)13-3/h4-5H,1-3H3. The van der Waals surface area contributed by atoms with Gasteiger partial charge < -0.3 is 9.47 Å². The second-order valence-corrected chi connectivity index (χ2v) is 2.46. The molecule has 0 spiro atoms. The Bertz CT molecular complexity index is 323. The lowest BCUT2D eigenvalue weighted by Gasteiger charge is -2.05. The third kappa shape index (κ3) is 1.96. The van der Waals surface area contributed by atoms with Gasteiger partial charge in [-0.05, 0) is 6.07 Å². The lowest BCUT2D eigenvalue weighted by atomic mass is 10.2. The molecular formula is C9H11NO3. The highest BCUT2D eigenvalue weighted by Gasteiger charge is 2.10. The van der Waals surface area contributed by atoms with E-state index in [0.717, 1.165) is 0 Å². The van der Waals surface area contributed by atoms with Crippen molar-refractivity contribution < 1.29 is 14.3 Å². The van der Waals surface area contributed by atoms with Gasteiger partial charge in [0.25, 0.3) is 0 Å². The van der Waals surface area contributed by atoms with Crippen molar-refractivity contribution in [2.75, 3.05) is 14.2 Å². The van der Waals surface area contributed by atoms with Crippen molar-refractivity contribution >= 4 is 5.78 Å². The molecular weight excluding hydrogens is 170 g/mol. The van der Waals surface area contributed by atoms with E-state index in [1.165, 1.54) is 21.1 Å². The second kappa shape index (κ2) is 3.89. The number of nitrogens with zero attached hydrogens (tertiary/aromatic N) is 1. The zero-order valence-electron chi connectivity index (χ0n) is 7.83. The van der Waals surface area contributed by atoms with Crippen LogP contribution < -0.4 is 9.47 Å². The number of hydrogen-bond acceptors (Lipinski definition) is 4. The van der Waals surface area contributed by atoms with Gasteiger partial charge in [-0.2, -0.15) is 0 Å². The number of ether oxygens (including phenoxy) is 2. The molecule has 0 saturated carbocycles. The predicted octanol–water partition coefficient (Wildman–Crippen LogP) is 1.30. The molecule has 0 fully saturated rings. The van der Waals surface area contributed by atoms with Crippen LogP contribution in [-0.4, -0.2) is 25.0 Å². The van der Waals surface area contributed by atoms with Crippen molar-refractivity contribution in [2.45, 2.75) is 6.92 Å². The highest BCUT2D eigenvalue weighted by molar-refractivity contribution is 5.94. The van der Waals surface area contributed by atoms with Gasteiger partial charge in [0.1, 0.15) is 5.75 Å². The summed E-state index contributed by atoms with van der Waals surface area (Å²) in [6.45, 7) is 1.43. The van der Waals surface area contributed by atoms with Crippen LogP contribution in [0.15, 0.2) is 12.1 Å². The van der Waals surface area contributed by atoms with Gasteiger partial charge in [0, 0.05) is 13.0 Å². The molecule has 0 atom stereocenters. The van der Waals surface area contributed by atoms with Crippen LogP contribution in [0.2, 0.25) is 0 Å². The number of carbonyl (C=O) groups excluding carboxylic acids is 1. The molecule has 0 unspecified atom stereocenters. The van der Waals surface area contributed by atoms with Gasteiger partial charge in [-0.25, -0.2) is 4.98 Å². The summed E-state index contributed by atoms with van der Waals surface area (Å²) in [5, 5.41) is 0. The first-order chi connectivity index (χ1) is 6.19. The number of Topliss-reactive ketones (excluding diaryl/α,β-unsaturated/α-hetero) is 1. The Labute approximate surface area is 76.5 Å². The topological polar surface area (TPSA) is 48.4 Å². The first kappa shape index (κ1) is 9.51. The summed E-state index contributed by atoms with van der Waals surface area (Å²) in [7, 11) is 2.99. The molecule has 1 aromatic rings. The molecule has 13 heavy (non-hydrogen) atoms. The molecule has 0 N–H and O–H groups in total. The molecule has 1 rings (SSSR count). The molecule has 1 heterocycles. The molecule has 4 heteroatoms. The molecule has 0 aromatic carbocycles. The van der Waals surface area contributed by atoms with E-state index in [1.807, 2.05) is 0 Å².